The van der Waals surface area contributed by atoms with Crippen molar-refractivity contribution in [3.8, 4) is 0 Å². The number of alkyl halides is 3. The van der Waals surface area contributed by atoms with Crippen LogP contribution >= 0.6 is 11.3 Å². The van der Waals surface area contributed by atoms with Gasteiger partial charge in [-0.3, -0.25) is 0 Å². The van der Waals surface area contributed by atoms with Crippen LogP contribution in [-0.2, 0) is 6.18 Å². The SMILES string of the molecule is FC(F)(F)c1ccc2sccc2n1. The second-order valence-electron chi connectivity index (χ2n) is 2.50. The Balaban J connectivity index is 2.61. The summed E-state index contributed by atoms with van der Waals surface area (Å²) >= 11 is 1.38. The number of rotatable bonds is 0. The standard InChI is InChI=1S/C8H4F3NS/c9-8(10,11)7-2-1-6-5(12-7)3-4-13-6/h1-4H. The third-order valence-electron chi connectivity index (χ3n) is 1.60. The van der Waals surface area contributed by atoms with Gasteiger partial charge in [0.1, 0.15) is 5.69 Å². The van der Waals surface area contributed by atoms with Gasteiger partial charge in [-0.1, -0.05) is 0 Å². The summed E-state index contributed by atoms with van der Waals surface area (Å²) in [7, 11) is 0. The van der Waals surface area contributed by atoms with Crippen LogP contribution in [0.15, 0.2) is 23.6 Å². The number of hydrogen-bond acceptors (Lipinski definition) is 2. The van der Waals surface area contributed by atoms with Crippen molar-refractivity contribution in [3.05, 3.63) is 29.3 Å². The van der Waals surface area contributed by atoms with Crippen molar-refractivity contribution < 1.29 is 13.2 Å². The summed E-state index contributed by atoms with van der Waals surface area (Å²) in [5.74, 6) is 0. The third-order valence-corrected chi connectivity index (χ3v) is 2.47. The molecule has 2 aromatic heterocycles. The molecule has 13 heavy (non-hydrogen) atoms. The minimum atomic E-state index is -4.35. The molecule has 0 amide bonds. The summed E-state index contributed by atoms with van der Waals surface area (Å²) in [4.78, 5) is 3.49. The summed E-state index contributed by atoms with van der Waals surface area (Å²) in [6.45, 7) is 0. The van der Waals surface area contributed by atoms with E-state index in [1.165, 1.54) is 17.4 Å². The van der Waals surface area contributed by atoms with Gasteiger partial charge >= 0.3 is 6.18 Å². The number of hydrogen-bond donors (Lipinski definition) is 0. The van der Waals surface area contributed by atoms with Gasteiger partial charge in [-0.15, -0.1) is 11.3 Å². The van der Waals surface area contributed by atoms with Gasteiger partial charge in [0.2, 0.25) is 0 Å². The molecule has 0 aliphatic carbocycles. The topological polar surface area (TPSA) is 12.9 Å². The molecule has 0 bridgehead atoms. The molecule has 0 aromatic carbocycles. The Kier molecular flexibility index (Phi) is 1.76. The van der Waals surface area contributed by atoms with Crippen molar-refractivity contribution in [2.24, 2.45) is 0 Å². The molecule has 0 aliphatic heterocycles. The fourth-order valence-electron chi connectivity index (χ4n) is 1.01. The Morgan fingerprint density at radius 2 is 1.92 bits per heavy atom. The van der Waals surface area contributed by atoms with Crippen LogP contribution in [-0.4, -0.2) is 4.98 Å². The van der Waals surface area contributed by atoms with Crippen LogP contribution in [0.4, 0.5) is 13.2 Å². The van der Waals surface area contributed by atoms with E-state index in [-0.39, 0.29) is 0 Å². The second kappa shape index (κ2) is 2.70. The van der Waals surface area contributed by atoms with Crippen molar-refractivity contribution in [1.29, 1.82) is 0 Å². The Hall–Kier alpha value is -1.10. The molecule has 5 heteroatoms. The largest absolute Gasteiger partial charge is 0.433 e. The molecule has 2 heterocycles. The van der Waals surface area contributed by atoms with Crippen molar-refractivity contribution in [2.45, 2.75) is 6.18 Å². The van der Waals surface area contributed by atoms with Crippen molar-refractivity contribution in [1.82, 2.24) is 4.98 Å². The maximum Gasteiger partial charge on any atom is 0.433 e. The molecule has 0 fully saturated rings. The van der Waals surface area contributed by atoms with Crippen LogP contribution in [0.3, 0.4) is 0 Å². The van der Waals surface area contributed by atoms with Gasteiger partial charge in [0, 0.05) is 0 Å². The fraction of sp³-hybridized carbons (Fsp3) is 0.125. The smallest absolute Gasteiger partial charge is 0.242 e. The lowest BCUT2D eigenvalue weighted by Crippen LogP contribution is -2.06. The van der Waals surface area contributed by atoms with E-state index in [9.17, 15) is 13.2 Å². The molecule has 0 atom stereocenters. The van der Waals surface area contributed by atoms with E-state index in [1.54, 1.807) is 11.4 Å². The zero-order chi connectivity index (χ0) is 9.47. The lowest BCUT2D eigenvalue weighted by atomic mass is 10.3. The van der Waals surface area contributed by atoms with Gasteiger partial charge in [-0.2, -0.15) is 13.2 Å². The van der Waals surface area contributed by atoms with Gasteiger partial charge < -0.3 is 0 Å². The van der Waals surface area contributed by atoms with Crippen LogP contribution in [0.25, 0.3) is 10.2 Å². The highest BCUT2D eigenvalue weighted by Crippen LogP contribution is 2.29. The highest BCUT2D eigenvalue weighted by Gasteiger charge is 2.32. The van der Waals surface area contributed by atoms with Crippen LogP contribution in [0, 0.1) is 0 Å². The molecular weight excluding hydrogens is 199 g/mol. The first-order valence-electron chi connectivity index (χ1n) is 3.49. The summed E-state index contributed by atoms with van der Waals surface area (Å²) in [6.07, 6.45) is -4.35. The predicted octanol–water partition coefficient (Wildman–Crippen LogP) is 3.32. The first-order chi connectivity index (χ1) is 6.07. The Morgan fingerprint density at radius 1 is 1.15 bits per heavy atom. The van der Waals surface area contributed by atoms with Gasteiger partial charge in [0.25, 0.3) is 0 Å². The summed E-state index contributed by atoms with van der Waals surface area (Å²) in [5.41, 5.74) is -0.432. The van der Waals surface area contributed by atoms with Crippen molar-refractivity contribution in [2.75, 3.05) is 0 Å². The molecule has 1 nitrogen and oxygen atoms in total. The van der Waals surface area contributed by atoms with Crippen LogP contribution in [0.2, 0.25) is 0 Å². The number of halogens is 3. The van der Waals surface area contributed by atoms with Crippen LogP contribution in [0.5, 0.6) is 0 Å². The molecule has 0 unspecified atom stereocenters. The summed E-state index contributed by atoms with van der Waals surface area (Å²) in [6, 6.07) is 4.02. The quantitative estimate of drug-likeness (QED) is 0.640. The van der Waals surface area contributed by atoms with Crippen molar-refractivity contribution in [3.63, 3.8) is 0 Å². The summed E-state index contributed by atoms with van der Waals surface area (Å²) < 4.78 is 37.3. The van der Waals surface area contributed by atoms with Gasteiger partial charge in [-0.05, 0) is 23.6 Å². The van der Waals surface area contributed by atoms with E-state index in [0.29, 0.717) is 5.52 Å². The molecule has 0 N–H and O–H groups in total. The predicted molar refractivity (Wildman–Crippen MR) is 44.6 cm³/mol. The first-order valence-corrected chi connectivity index (χ1v) is 4.37. The first kappa shape index (κ1) is 8.50. The maximum absolute atomic E-state index is 12.2. The zero-order valence-electron chi connectivity index (χ0n) is 6.30. The molecule has 68 valence electrons. The monoisotopic (exact) mass is 203 g/mol. The average molecular weight is 203 g/mol. The highest BCUT2D eigenvalue weighted by molar-refractivity contribution is 7.17. The number of thiophene rings is 1. The molecule has 0 radical (unpaired) electrons. The van der Waals surface area contributed by atoms with Gasteiger partial charge in [0.05, 0.1) is 10.2 Å². The van der Waals surface area contributed by atoms with E-state index in [0.717, 1.165) is 10.8 Å². The number of aromatic nitrogens is 1. The fourth-order valence-corrected chi connectivity index (χ4v) is 1.74. The lowest BCUT2D eigenvalue weighted by Gasteiger charge is -2.04. The Bertz CT molecular complexity index is 432. The Labute approximate surface area is 75.8 Å². The van der Waals surface area contributed by atoms with E-state index in [2.05, 4.69) is 4.98 Å². The van der Waals surface area contributed by atoms with Crippen LogP contribution < -0.4 is 0 Å². The molecule has 2 aromatic rings. The van der Waals surface area contributed by atoms with Crippen molar-refractivity contribution >= 4 is 21.6 Å². The minimum absolute atomic E-state index is 0.403. The van der Waals surface area contributed by atoms with Gasteiger partial charge in [0.15, 0.2) is 0 Å². The number of nitrogens with zero attached hydrogens (tertiary/aromatic N) is 1. The maximum atomic E-state index is 12.2. The zero-order valence-corrected chi connectivity index (χ0v) is 7.12. The molecule has 0 aliphatic rings. The normalized spacial score (nSPS) is 12.2. The second-order valence-corrected chi connectivity index (χ2v) is 3.45. The number of fused-ring (bicyclic) bond motifs is 1. The summed E-state index contributed by atoms with van der Waals surface area (Å²) in [5, 5.41) is 1.72. The molecular formula is C8H4F3NS. The van der Waals surface area contributed by atoms with E-state index >= 15 is 0 Å². The molecule has 0 saturated carbocycles. The minimum Gasteiger partial charge on any atom is -0.242 e. The number of pyridine rings is 1. The van der Waals surface area contributed by atoms with E-state index < -0.39 is 11.9 Å². The Morgan fingerprint density at radius 3 is 2.62 bits per heavy atom. The van der Waals surface area contributed by atoms with E-state index in [4.69, 9.17) is 0 Å². The molecule has 0 saturated heterocycles. The van der Waals surface area contributed by atoms with E-state index in [1.807, 2.05) is 0 Å². The van der Waals surface area contributed by atoms with Gasteiger partial charge in [-0.25, -0.2) is 4.98 Å². The highest BCUT2D eigenvalue weighted by atomic mass is 32.1. The third kappa shape index (κ3) is 1.51. The lowest BCUT2D eigenvalue weighted by molar-refractivity contribution is -0.140. The molecule has 0 spiro atoms. The average Bonchev–Trinajstić information content (AvgIpc) is 2.47. The van der Waals surface area contributed by atoms with Crippen LogP contribution in [0.1, 0.15) is 5.69 Å². The molecule has 2 rings (SSSR count).